The van der Waals surface area contributed by atoms with E-state index in [2.05, 4.69) is 65.3 Å². The van der Waals surface area contributed by atoms with Crippen LogP contribution < -0.4 is 4.57 Å². The van der Waals surface area contributed by atoms with Crippen molar-refractivity contribution in [2.75, 3.05) is 5.75 Å². The highest BCUT2D eigenvalue weighted by Gasteiger charge is 2.14. The van der Waals surface area contributed by atoms with Gasteiger partial charge in [-0.1, -0.05) is 96.6 Å². The molecule has 0 spiro atoms. The Morgan fingerprint density at radius 3 is 2.00 bits per heavy atom. The molecule has 0 radical (unpaired) electrons. The highest BCUT2D eigenvalue weighted by molar-refractivity contribution is 7.98. The van der Waals surface area contributed by atoms with E-state index >= 15 is 0 Å². The molecule has 29 heavy (non-hydrogen) atoms. The Labute approximate surface area is 184 Å². The Morgan fingerprint density at radius 2 is 1.31 bits per heavy atom. The smallest absolute Gasteiger partial charge is 0.230 e. The van der Waals surface area contributed by atoms with Crippen LogP contribution in [0.1, 0.15) is 104 Å². The van der Waals surface area contributed by atoms with Gasteiger partial charge in [0.05, 0.1) is 6.54 Å². The lowest BCUT2D eigenvalue weighted by molar-refractivity contribution is -0.650. The van der Waals surface area contributed by atoms with Gasteiger partial charge in [-0.25, -0.2) is 9.13 Å². The molecule has 0 N–H and O–H groups in total. The second kappa shape index (κ2) is 15.8. The number of hydrogen-bond acceptors (Lipinski definition) is 1. The van der Waals surface area contributed by atoms with Crippen molar-refractivity contribution in [2.45, 2.75) is 116 Å². The molecule has 0 saturated heterocycles. The molecule has 1 heterocycles. The largest absolute Gasteiger partial charge is 0.245 e. The number of fused-ring (bicyclic) bond motifs is 1. The number of para-hydroxylation sites is 2. The lowest BCUT2D eigenvalue weighted by Crippen LogP contribution is -2.30. The molecule has 1 aromatic heterocycles. The third kappa shape index (κ3) is 9.59. The second-order valence-corrected chi connectivity index (χ2v) is 9.62. The summed E-state index contributed by atoms with van der Waals surface area (Å²) in [5, 5.41) is 0. The maximum absolute atomic E-state index is 2.48. The van der Waals surface area contributed by atoms with Crippen molar-refractivity contribution in [1.82, 2.24) is 4.57 Å². The normalized spacial score (nSPS) is 11.5. The standard InChI is InChI=1S/C26H45N2S/c1-3-5-7-9-11-12-14-18-22-29-24-28-23-27(21-17-13-10-8-6-4-2)25-19-15-16-20-26(25)28/h15-16,19-20,23H,3-14,17-18,21-22,24H2,1-2H3/q+1. The minimum Gasteiger partial charge on any atom is -0.230 e. The van der Waals surface area contributed by atoms with Crippen LogP contribution in [-0.2, 0) is 12.4 Å². The first-order chi connectivity index (χ1) is 14.4. The molecule has 1 aromatic carbocycles. The average Bonchev–Trinajstić information content (AvgIpc) is 3.10. The van der Waals surface area contributed by atoms with E-state index in [1.807, 2.05) is 0 Å². The summed E-state index contributed by atoms with van der Waals surface area (Å²) in [5.41, 5.74) is 2.79. The summed E-state index contributed by atoms with van der Waals surface area (Å²) >= 11 is 2.09. The van der Waals surface area contributed by atoms with Gasteiger partial charge in [-0.05, 0) is 37.1 Å². The van der Waals surface area contributed by atoms with Gasteiger partial charge in [0.1, 0.15) is 5.88 Å². The molecule has 2 nitrogen and oxygen atoms in total. The fourth-order valence-corrected chi connectivity index (χ4v) is 5.03. The molecule has 0 saturated carbocycles. The first-order valence-corrected chi connectivity index (χ1v) is 13.6. The van der Waals surface area contributed by atoms with Crippen LogP contribution in [0.2, 0.25) is 0 Å². The number of aromatic nitrogens is 2. The Hall–Kier alpha value is -0.960. The van der Waals surface area contributed by atoms with Gasteiger partial charge in [-0.2, -0.15) is 0 Å². The topological polar surface area (TPSA) is 8.81 Å². The van der Waals surface area contributed by atoms with E-state index in [1.165, 1.54) is 107 Å². The van der Waals surface area contributed by atoms with E-state index in [9.17, 15) is 0 Å². The molecule has 3 heteroatoms. The van der Waals surface area contributed by atoms with E-state index in [1.54, 1.807) is 0 Å². The molecule has 0 atom stereocenters. The number of imidazole rings is 1. The van der Waals surface area contributed by atoms with Crippen LogP contribution in [0.3, 0.4) is 0 Å². The number of thioether (sulfide) groups is 1. The number of unbranched alkanes of at least 4 members (excludes halogenated alkanes) is 12. The van der Waals surface area contributed by atoms with Gasteiger partial charge in [0.25, 0.3) is 0 Å². The van der Waals surface area contributed by atoms with Gasteiger partial charge >= 0.3 is 0 Å². The summed E-state index contributed by atoms with van der Waals surface area (Å²) in [6.07, 6.45) is 21.8. The highest BCUT2D eigenvalue weighted by atomic mass is 32.2. The van der Waals surface area contributed by atoms with Gasteiger partial charge in [-0.3, -0.25) is 0 Å². The molecular weight excluding hydrogens is 372 g/mol. The monoisotopic (exact) mass is 417 g/mol. The number of rotatable bonds is 18. The quantitative estimate of drug-likeness (QED) is 0.176. The number of nitrogens with zero attached hydrogens (tertiary/aromatic N) is 2. The van der Waals surface area contributed by atoms with Crippen LogP contribution in [-0.4, -0.2) is 10.3 Å². The predicted molar refractivity (Wildman–Crippen MR) is 131 cm³/mol. The van der Waals surface area contributed by atoms with Gasteiger partial charge < -0.3 is 0 Å². The summed E-state index contributed by atoms with van der Waals surface area (Å²) in [7, 11) is 0. The van der Waals surface area contributed by atoms with Gasteiger partial charge in [0.2, 0.25) is 6.33 Å². The van der Waals surface area contributed by atoms with E-state index in [0.29, 0.717) is 0 Å². The van der Waals surface area contributed by atoms with Crippen molar-refractivity contribution in [3.05, 3.63) is 30.6 Å². The molecule has 0 amide bonds. The summed E-state index contributed by atoms with van der Waals surface area (Å²) < 4.78 is 4.94. The van der Waals surface area contributed by atoms with Crippen molar-refractivity contribution in [1.29, 1.82) is 0 Å². The predicted octanol–water partition coefficient (Wildman–Crippen LogP) is 8.12. The van der Waals surface area contributed by atoms with E-state index in [4.69, 9.17) is 0 Å². The Morgan fingerprint density at radius 1 is 0.724 bits per heavy atom. The van der Waals surface area contributed by atoms with E-state index < -0.39 is 0 Å². The molecule has 2 aromatic rings. The number of aryl methyl sites for hydroxylation is 1. The zero-order valence-corrected chi connectivity index (χ0v) is 20.0. The maximum atomic E-state index is 2.48. The summed E-state index contributed by atoms with van der Waals surface area (Å²) in [4.78, 5) is 0. The van der Waals surface area contributed by atoms with E-state index in [-0.39, 0.29) is 0 Å². The van der Waals surface area contributed by atoms with Gasteiger partial charge in [0, 0.05) is 0 Å². The first kappa shape index (κ1) is 24.3. The zero-order chi connectivity index (χ0) is 20.6. The van der Waals surface area contributed by atoms with Crippen LogP contribution in [0.4, 0.5) is 0 Å². The summed E-state index contributed by atoms with van der Waals surface area (Å²) in [6, 6.07) is 8.92. The van der Waals surface area contributed by atoms with Crippen LogP contribution >= 0.6 is 11.8 Å². The van der Waals surface area contributed by atoms with Crippen molar-refractivity contribution >= 4 is 22.8 Å². The molecule has 0 aliphatic rings. The molecule has 0 fully saturated rings. The van der Waals surface area contributed by atoms with Crippen molar-refractivity contribution in [2.24, 2.45) is 0 Å². The van der Waals surface area contributed by atoms with Crippen molar-refractivity contribution in [3.63, 3.8) is 0 Å². The summed E-state index contributed by atoms with van der Waals surface area (Å²) in [5.74, 6) is 2.37. The molecule has 0 aliphatic heterocycles. The third-order valence-corrected chi connectivity index (χ3v) is 6.94. The zero-order valence-electron chi connectivity index (χ0n) is 19.2. The Kier molecular flexibility index (Phi) is 13.3. The lowest BCUT2D eigenvalue weighted by Gasteiger charge is -2.02. The average molecular weight is 418 g/mol. The molecule has 0 aliphatic carbocycles. The van der Waals surface area contributed by atoms with Gasteiger partial charge in [0.15, 0.2) is 11.0 Å². The van der Waals surface area contributed by atoms with E-state index in [0.717, 1.165) is 12.4 Å². The maximum Gasteiger partial charge on any atom is 0.245 e. The van der Waals surface area contributed by atoms with Gasteiger partial charge in [-0.15, -0.1) is 11.8 Å². The first-order valence-electron chi connectivity index (χ1n) is 12.4. The SMILES string of the molecule is CCCCCCCCCCSC[n+]1cn(CCCCCCCC)c2ccccc21. The molecular formula is C26H45N2S+. The molecule has 0 bridgehead atoms. The minimum absolute atomic E-state index is 1.08. The van der Waals surface area contributed by atoms with Crippen molar-refractivity contribution in [3.8, 4) is 0 Å². The fraction of sp³-hybridized carbons (Fsp3) is 0.731. The van der Waals surface area contributed by atoms with Crippen LogP contribution in [0, 0.1) is 0 Å². The van der Waals surface area contributed by atoms with Crippen LogP contribution in [0.15, 0.2) is 30.6 Å². The number of hydrogen-bond donors (Lipinski definition) is 0. The second-order valence-electron chi connectivity index (χ2n) is 8.55. The van der Waals surface area contributed by atoms with Crippen LogP contribution in [0.25, 0.3) is 11.0 Å². The van der Waals surface area contributed by atoms with Crippen molar-refractivity contribution < 1.29 is 4.57 Å². The minimum atomic E-state index is 1.08. The lowest BCUT2D eigenvalue weighted by atomic mass is 10.1. The fourth-order valence-electron chi connectivity index (χ4n) is 4.09. The third-order valence-electron chi connectivity index (χ3n) is 5.90. The Balaban J connectivity index is 1.68. The number of benzene rings is 1. The molecule has 164 valence electrons. The molecule has 0 unspecified atom stereocenters. The summed E-state index contributed by atoms with van der Waals surface area (Å²) in [6.45, 7) is 5.74. The van der Waals surface area contributed by atoms with Crippen LogP contribution in [0.5, 0.6) is 0 Å². The highest BCUT2D eigenvalue weighted by Crippen LogP contribution is 2.16. The Bertz CT molecular complexity index is 649. The molecule has 2 rings (SSSR count).